The van der Waals surface area contributed by atoms with E-state index in [0.29, 0.717) is 22.8 Å². The van der Waals surface area contributed by atoms with Crippen molar-refractivity contribution in [1.29, 1.82) is 0 Å². The van der Waals surface area contributed by atoms with Gasteiger partial charge in [-0.2, -0.15) is 0 Å². The van der Waals surface area contributed by atoms with Crippen LogP contribution in [0.4, 0.5) is 0 Å². The monoisotopic (exact) mass is 592 g/mol. The Morgan fingerprint density at radius 1 is 0.929 bits per heavy atom. The van der Waals surface area contributed by atoms with Crippen LogP contribution in [0, 0.1) is 0 Å². The Bertz CT molecular complexity index is 1170. The molecule has 0 saturated carbocycles. The largest absolute Gasteiger partial charge is 0.395 e. The predicted octanol–water partition coefficient (Wildman–Crippen LogP) is 7.61. The Morgan fingerprint density at radius 2 is 1.40 bits per heavy atom. The van der Waals surface area contributed by atoms with Crippen LogP contribution >= 0.6 is 11.6 Å². The van der Waals surface area contributed by atoms with E-state index in [1.54, 1.807) is 12.2 Å². The van der Waals surface area contributed by atoms with Crippen LogP contribution in [0.3, 0.4) is 0 Å². The Labute approximate surface area is 259 Å². The minimum atomic E-state index is -1.20. The Balaban J connectivity index is 0.000000657. The van der Waals surface area contributed by atoms with Gasteiger partial charge in [0, 0.05) is 49.7 Å². The summed E-state index contributed by atoms with van der Waals surface area (Å²) in [6.45, 7) is 22.3. The molecule has 0 aliphatic carbocycles. The van der Waals surface area contributed by atoms with E-state index in [9.17, 15) is 9.90 Å². The summed E-state index contributed by atoms with van der Waals surface area (Å²) in [5, 5.41) is 20.2. The van der Waals surface area contributed by atoms with Crippen LogP contribution in [0.1, 0.15) is 45.7 Å². The molecule has 0 aliphatic heterocycles. The number of aliphatic hydroxyl groups excluding tert-OH is 1. The van der Waals surface area contributed by atoms with Crippen molar-refractivity contribution in [3.63, 3.8) is 0 Å². The summed E-state index contributed by atoms with van der Waals surface area (Å²) < 4.78 is 0. The molecule has 0 fully saturated rings. The molecule has 2 aromatic rings. The zero-order valence-electron chi connectivity index (χ0n) is 26.4. The minimum absolute atomic E-state index is 0.0625. The van der Waals surface area contributed by atoms with Gasteiger partial charge in [0.25, 0.3) is 0 Å². The van der Waals surface area contributed by atoms with Crippen LogP contribution in [0.15, 0.2) is 132 Å². The van der Waals surface area contributed by atoms with Crippen molar-refractivity contribution < 1.29 is 15.0 Å². The summed E-state index contributed by atoms with van der Waals surface area (Å²) in [6.07, 6.45) is 7.26. The number of carbonyl (C=O) groups is 1. The molecule has 0 atom stereocenters. The average Bonchev–Trinajstić information content (AvgIpc) is 2.97. The molecule has 0 bridgehead atoms. The number of benzene rings is 2. The molecule has 0 amide bonds. The molecular weight excluding hydrogens is 544 g/mol. The average molecular weight is 593 g/mol. The second-order valence-corrected chi connectivity index (χ2v) is 10.4. The molecule has 0 unspecified atom stereocenters. The van der Waals surface area contributed by atoms with E-state index in [0.717, 1.165) is 28.8 Å². The van der Waals surface area contributed by atoms with E-state index in [1.807, 2.05) is 125 Å². The first kappa shape index (κ1) is 38.4. The van der Waals surface area contributed by atoms with Crippen molar-refractivity contribution in [2.24, 2.45) is 0 Å². The molecule has 0 aromatic heterocycles. The summed E-state index contributed by atoms with van der Waals surface area (Å²) in [7, 11) is 3.86. The Hall–Kier alpha value is -3.64. The normalized spacial score (nSPS) is 11.1. The number of allylic oxidation sites excluding steroid dienone is 7. The van der Waals surface area contributed by atoms with Crippen molar-refractivity contribution in [3.8, 4) is 0 Å². The maximum atomic E-state index is 11.4. The first-order valence-corrected chi connectivity index (χ1v) is 14.2. The second kappa shape index (κ2) is 20.3. The molecule has 5 nitrogen and oxygen atoms in total. The summed E-state index contributed by atoms with van der Waals surface area (Å²) in [5.41, 5.74) is 3.83. The SMILES string of the molecule is C=C(Cl)/C(=C\C=C(C)C)C(C)=O.C=C(N(C)CC)C(O)(c1ccccc1)c1ccccc1.C=C/C(C)=C\N(C)CCO. The van der Waals surface area contributed by atoms with E-state index in [2.05, 4.69) is 19.7 Å². The molecule has 0 saturated heterocycles. The first-order chi connectivity index (χ1) is 19.8. The molecule has 42 heavy (non-hydrogen) atoms. The molecule has 0 radical (unpaired) electrons. The molecule has 6 heteroatoms. The van der Waals surface area contributed by atoms with Crippen LogP contribution in [0.2, 0.25) is 0 Å². The molecule has 2 N–H and O–H groups in total. The van der Waals surface area contributed by atoms with Crippen molar-refractivity contribution in [3.05, 3.63) is 143 Å². The highest BCUT2D eigenvalue weighted by atomic mass is 35.5. The Kier molecular flexibility index (Phi) is 18.5. The lowest BCUT2D eigenvalue weighted by atomic mass is 9.83. The predicted molar refractivity (Wildman–Crippen MR) is 180 cm³/mol. The van der Waals surface area contributed by atoms with Crippen molar-refractivity contribution in [1.82, 2.24) is 9.80 Å². The van der Waals surface area contributed by atoms with E-state index in [4.69, 9.17) is 16.7 Å². The van der Waals surface area contributed by atoms with Gasteiger partial charge in [-0.1, -0.05) is 116 Å². The molecule has 2 aromatic carbocycles. The van der Waals surface area contributed by atoms with E-state index < -0.39 is 5.60 Å². The van der Waals surface area contributed by atoms with Gasteiger partial charge in [-0.15, -0.1) is 0 Å². The fourth-order valence-corrected chi connectivity index (χ4v) is 3.79. The number of aliphatic hydroxyl groups is 2. The standard InChI is InChI=1S/C18H21NO.C10H13ClO.C8H15NO/c1-4-19(3)15(2)18(20,16-11-7-5-8-12-16)17-13-9-6-10-14-17;1-7(2)5-6-10(8(3)11)9(4)12;1-4-8(2)7-9(3)5-6-10/h5-14,20H,2,4H2,1,3H3;5-6H,3H2,1-2,4H3;4,7,10H,1,5-6H2,2-3H3/b;10-6+;8-7-. The fraction of sp³-hybridized carbons (Fsp3) is 0.306. The Morgan fingerprint density at radius 3 is 1.74 bits per heavy atom. The summed E-state index contributed by atoms with van der Waals surface area (Å²) in [6, 6.07) is 19.4. The van der Waals surface area contributed by atoms with Crippen molar-refractivity contribution >= 4 is 17.4 Å². The van der Waals surface area contributed by atoms with Gasteiger partial charge in [-0.3, -0.25) is 4.79 Å². The number of hydrogen-bond acceptors (Lipinski definition) is 5. The van der Waals surface area contributed by atoms with E-state index in [1.165, 1.54) is 6.92 Å². The minimum Gasteiger partial charge on any atom is -0.395 e. The number of hydrogen-bond donors (Lipinski definition) is 2. The van der Waals surface area contributed by atoms with Crippen molar-refractivity contribution in [2.75, 3.05) is 33.8 Å². The van der Waals surface area contributed by atoms with Crippen molar-refractivity contribution in [2.45, 2.75) is 40.2 Å². The van der Waals surface area contributed by atoms with Gasteiger partial charge in [0.1, 0.15) is 0 Å². The zero-order valence-corrected chi connectivity index (χ0v) is 27.2. The zero-order chi connectivity index (χ0) is 32.3. The third-order valence-corrected chi connectivity index (χ3v) is 6.39. The van der Waals surface area contributed by atoms with Gasteiger partial charge in [-0.25, -0.2) is 0 Å². The van der Waals surface area contributed by atoms with Gasteiger partial charge < -0.3 is 20.0 Å². The molecule has 0 heterocycles. The van der Waals surface area contributed by atoms with Gasteiger partial charge in [0.05, 0.1) is 6.61 Å². The second-order valence-electron chi connectivity index (χ2n) is 9.97. The molecule has 2 rings (SSSR count). The quantitative estimate of drug-likeness (QED) is 0.196. The topological polar surface area (TPSA) is 64.0 Å². The number of carbonyl (C=O) groups excluding carboxylic acids is 1. The summed E-state index contributed by atoms with van der Waals surface area (Å²) in [4.78, 5) is 14.9. The van der Waals surface area contributed by atoms with Crippen LogP contribution in [-0.2, 0) is 10.4 Å². The number of ketones is 1. The molecule has 228 valence electrons. The molecule has 0 spiro atoms. The van der Waals surface area contributed by atoms with Crippen LogP contribution in [-0.4, -0.2) is 59.6 Å². The summed E-state index contributed by atoms with van der Waals surface area (Å²) >= 11 is 5.61. The number of rotatable bonds is 12. The third-order valence-electron chi connectivity index (χ3n) is 6.19. The lowest BCUT2D eigenvalue weighted by molar-refractivity contribution is -0.113. The first-order valence-electron chi connectivity index (χ1n) is 13.8. The maximum Gasteiger partial charge on any atom is 0.161 e. The van der Waals surface area contributed by atoms with Crippen LogP contribution in [0.5, 0.6) is 0 Å². The lowest BCUT2D eigenvalue weighted by Crippen LogP contribution is -2.37. The van der Waals surface area contributed by atoms with E-state index in [-0.39, 0.29) is 12.4 Å². The fourth-order valence-electron chi connectivity index (χ4n) is 3.60. The van der Waals surface area contributed by atoms with Gasteiger partial charge >= 0.3 is 0 Å². The van der Waals surface area contributed by atoms with Crippen LogP contribution < -0.4 is 0 Å². The smallest absolute Gasteiger partial charge is 0.161 e. The van der Waals surface area contributed by atoms with Gasteiger partial charge in [0.15, 0.2) is 11.4 Å². The highest BCUT2D eigenvalue weighted by Crippen LogP contribution is 2.36. The lowest BCUT2D eigenvalue weighted by Gasteiger charge is -2.36. The maximum absolute atomic E-state index is 11.4. The molecular formula is C36H49ClN2O3. The number of halogens is 1. The number of Topliss-reactive ketones (excluding diaryl/α,β-unsaturated/α-hetero) is 1. The highest BCUT2D eigenvalue weighted by molar-refractivity contribution is 6.35. The van der Waals surface area contributed by atoms with Gasteiger partial charge in [-0.05, 0) is 51.3 Å². The third kappa shape index (κ3) is 13.3. The summed E-state index contributed by atoms with van der Waals surface area (Å²) in [5.74, 6) is -0.0625. The van der Waals surface area contributed by atoms with E-state index >= 15 is 0 Å². The molecule has 0 aliphatic rings. The highest BCUT2D eigenvalue weighted by Gasteiger charge is 2.36. The number of nitrogens with zero attached hydrogens (tertiary/aromatic N) is 2. The number of likely N-dealkylation sites (N-methyl/N-ethyl adjacent to an activating group) is 2. The van der Waals surface area contributed by atoms with Crippen LogP contribution in [0.25, 0.3) is 0 Å². The van der Waals surface area contributed by atoms with Gasteiger partial charge in [0.2, 0.25) is 0 Å².